The molecule has 0 radical (unpaired) electrons. The molecule has 1 unspecified atom stereocenters. The van der Waals surface area contributed by atoms with Crippen molar-refractivity contribution in [3.8, 4) is 5.75 Å². The van der Waals surface area contributed by atoms with E-state index in [0.29, 0.717) is 12.2 Å². The molecule has 138 valence electrons. The summed E-state index contributed by atoms with van der Waals surface area (Å²) >= 11 is 0. The molecule has 1 N–H and O–H groups in total. The average Bonchev–Trinajstić information content (AvgIpc) is 2.70. The van der Waals surface area contributed by atoms with E-state index in [1.807, 2.05) is 54.6 Å². The zero-order valence-electron chi connectivity index (χ0n) is 15.6. The van der Waals surface area contributed by atoms with Gasteiger partial charge in [-0.1, -0.05) is 92.2 Å². The lowest BCUT2D eigenvalue weighted by atomic mass is 9.80. The van der Waals surface area contributed by atoms with Crippen LogP contribution in [0.1, 0.15) is 30.9 Å². The lowest BCUT2D eigenvalue weighted by Gasteiger charge is -2.35. The van der Waals surface area contributed by atoms with Gasteiger partial charge >= 0.3 is 6.09 Å². The van der Waals surface area contributed by atoms with Crippen molar-refractivity contribution in [3.63, 3.8) is 0 Å². The number of amides is 1. The maximum atomic E-state index is 12.7. The number of hydrogen-bond donors (Lipinski definition) is 1. The molecule has 0 spiro atoms. The average molecular weight is 359 g/mol. The Hall–Kier alpha value is -3.07. The van der Waals surface area contributed by atoms with Crippen LogP contribution in [0.15, 0.2) is 91.0 Å². The summed E-state index contributed by atoms with van der Waals surface area (Å²) in [6.45, 7) is 2.13. The van der Waals surface area contributed by atoms with E-state index in [0.717, 1.165) is 18.4 Å². The van der Waals surface area contributed by atoms with Crippen LogP contribution in [0.2, 0.25) is 0 Å². The lowest BCUT2D eigenvalue weighted by molar-refractivity contribution is 0.179. The highest BCUT2D eigenvalue weighted by Crippen LogP contribution is 2.31. The predicted molar refractivity (Wildman–Crippen MR) is 109 cm³/mol. The molecule has 1 atom stereocenters. The molecule has 0 aromatic heterocycles. The van der Waals surface area contributed by atoms with Gasteiger partial charge in [0.15, 0.2) is 0 Å². The Morgan fingerprint density at radius 1 is 0.852 bits per heavy atom. The van der Waals surface area contributed by atoms with Crippen LogP contribution in [0.3, 0.4) is 0 Å². The molecule has 0 aliphatic carbocycles. The van der Waals surface area contributed by atoms with Gasteiger partial charge in [-0.15, -0.1) is 0 Å². The number of nitrogens with one attached hydrogen (secondary N) is 1. The van der Waals surface area contributed by atoms with E-state index in [4.69, 9.17) is 4.74 Å². The van der Waals surface area contributed by atoms with Crippen molar-refractivity contribution in [2.45, 2.75) is 31.7 Å². The minimum absolute atomic E-state index is 0.436. The standard InChI is InChI=1S/C24H25NO2/c1-2-18-24(21-14-8-4-9-15-21,19-20-12-6-3-7-13-20)25-23(26)27-22-16-10-5-11-17-22/h3-17H,2,18-19H2,1H3,(H,25,26). The van der Waals surface area contributed by atoms with Gasteiger partial charge in [-0.3, -0.25) is 0 Å². The molecular weight excluding hydrogens is 334 g/mol. The first-order chi connectivity index (χ1) is 13.2. The van der Waals surface area contributed by atoms with Crippen LogP contribution in [0.4, 0.5) is 4.79 Å². The largest absolute Gasteiger partial charge is 0.413 e. The number of hydrogen-bond acceptors (Lipinski definition) is 2. The van der Waals surface area contributed by atoms with Crippen LogP contribution < -0.4 is 10.1 Å². The zero-order valence-corrected chi connectivity index (χ0v) is 15.6. The van der Waals surface area contributed by atoms with Gasteiger partial charge in [-0.05, 0) is 36.1 Å². The molecule has 27 heavy (non-hydrogen) atoms. The fourth-order valence-corrected chi connectivity index (χ4v) is 3.46. The van der Waals surface area contributed by atoms with Crippen LogP contribution >= 0.6 is 0 Å². The summed E-state index contributed by atoms with van der Waals surface area (Å²) in [7, 11) is 0. The van der Waals surface area contributed by atoms with Crippen molar-refractivity contribution in [3.05, 3.63) is 102 Å². The first kappa shape index (κ1) is 18.7. The summed E-state index contributed by atoms with van der Waals surface area (Å²) in [4.78, 5) is 12.7. The molecule has 0 fully saturated rings. The van der Waals surface area contributed by atoms with Gasteiger partial charge in [-0.2, -0.15) is 0 Å². The van der Waals surface area contributed by atoms with Crippen molar-refractivity contribution in [1.82, 2.24) is 5.32 Å². The van der Waals surface area contributed by atoms with E-state index >= 15 is 0 Å². The van der Waals surface area contributed by atoms with E-state index in [-0.39, 0.29) is 0 Å². The van der Waals surface area contributed by atoms with Crippen molar-refractivity contribution >= 4 is 6.09 Å². The molecule has 0 aliphatic heterocycles. The number of para-hydroxylation sites is 1. The molecule has 0 saturated heterocycles. The third kappa shape index (κ3) is 4.98. The number of carbonyl (C=O) groups is 1. The Morgan fingerprint density at radius 2 is 1.41 bits per heavy atom. The minimum atomic E-state index is -0.525. The lowest BCUT2D eigenvalue weighted by Crippen LogP contribution is -2.48. The number of rotatable bonds is 7. The summed E-state index contributed by atoms with van der Waals surface area (Å²) in [6.07, 6.45) is 2.02. The summed E-state index contributed by atoms with van der Waals surface area (Å²) in [5, 5.41) is 3.18. The molecule has 3 aromatic rings. The second-order valence-electron chi connectivity index (χ2n) is 6.69. The molecule has 0 heterocycles. The summed E-state index contributed by atoms with van der Waals surface area (Å²) in [5.74, 6) is 0.535. The predicted octanol–water partition coefficient (Wildman–Crippen LogP) is 5.71. The van der Waals surface area contributed by atoms with Gasteiger partial charge in [0.1, 0.15) is 5.75 Å². The first-order valence-electron chi connectivity index (χ1n) is 9.36. The smallest absolute Gasteiger partial charge is 0.410 e. The molecule has 0 bridgehead atoms. The van der Waals surface area contributed by atoms with Gasteiger partial charge in [0.05, 0.1) is 5.54 Å². The Kier molecular flexibility index (Phi) is 6.26. The summed E-state index contributed by atoms with van der Waals surface area (Å²) in [6, 6.07) is 29.6. The highest BCUT2D eigenvalue weighted by molar-refractivity contribution is 5.71. The molecular formula is C24H25NO2. The van der Waals surface area contributed by atoms with Crippen LogP contribution in [0, 0.1) is 0 Å². The van der Waals surface area contributed by atoms with Gasteiger partial charge < -0.3 is 10.1 Å². The van der Waals surface area contributed by atoms with Crippen molar-refractivity contribution < 1.29 is 9.53 Å². The van der Waals surface area contributed by atoms with Crippen LogP contribution in [-0.2, 0) is 12.0 Å². The Balaban J connectivity index is 1.91. The monoisotopic (exact) mass is 359 g/mol. The van der Waals surface area contributed by atoms with Crippen molar-refractivity contribution in [1.29, 1.82) is 0 Å². The van der Waals surface area contributed by atoms with Crippen LogP contribution in [0.25, 0.3) is 0 Å². The van der Waals surface area contributed by atoms with Gasteiger partial charge in [0.25, 0.3) is 0 Å². The fraction of sp³-hybridized carbons (Fsp3) is 0.208. The quantitative estimate of drug-likeness (QED) is 0.586. The Bertz CT molecular complexity index is 834. The van der Waals surface area contributed by atoms with Crippen LogP contribution in [-0.4, -0.2) is 6.09 Å². The summed E-state index contributed by atoms with van der Waals surface area (Å²) < 4.78 is 5.53. The molecule has 0 saturated carbocycles. The highest BCUT2D eigenvalue weighted by Gasteiger charge is 2.34. The third-order valence-corrected chi connectivity index (χ3v) is 4.65. The molecule has 3 aromatic carbocycles. The summed E-state index contributed by atoms with van der Waals surface area (Å²) in [5.41, 5.74) is 1.74. The highest BCUT2D eigenvalue weighted by atomic mass is 16.6. The van der Waals surface area contributed by atoms with Crippen LogP contribution in [0.5, 0.6) is 5.75 Å². The third-order valence-electron chi connectivity index (χ3n) is 4.65. The van der Waals surface area contributed by atoms with E-state index in [1.54, 1.807) is 12.1 Å². The topological polar surface area (TPSA) is 38.3 Å². The SMILES string of the molecule is CCCC(Cc1ccccc1)(NC(=O)Oc1ccccc1)c1ccccc1. The van der Waals surface area contributed by atoms with Gasteiger partial charge in [0.2, 0.25) is 0 Å². The number of benzene rings is 3. The Labute approximate surface area is 161 Å². The molecule has 3 heteroatoms. The van der Waals surface area contributed by atoms with E-state index in [9.17, 15) is 4.79 Å². The molecule has 3 nitrogen and oxygen atoms in total. The molecule has 3 rings (SSSR count). The van der Waals surface area contributed by atoms with Gasteiger partial charge in [0, 0.05) is 0 Å². The van der Waals surface area contributed by atoms with E-state index < -0.39 is 11.6 Å². The van der Waals surface area contributed by atoms with Crippen molar-refractivity contribution in [2.75, 3.05) is 0 Å². The molecule has 1 amide bonds. The van der Waals surface area contributed by atoms with Crippen molar-refractivity contribution in [2.24, 2.45) is 0 Å². The second-order valence-corrected chi connectivity index (χ2v) is 6.69. The van der Waals surface area contributed by atoms with E-state index in [1.165, 1.54) is 5.56 Å². The minimum Gasteiger partial charge on any atom is -0.410 e. The first-order valence-corrected chi connectivity index (χ1v) is 9.36. The number of ether oxygens (including phenoxy) is 1. The zero-order chi connectivity index (χ0) is 19.0. The Morgan fingerprint density at radius 3 is 2.00 bits per heavy atom. The maximum absolute atomic E-state index is 12.7. The maximum Gasteiger partial charge on any atom is 0.413 e. The second kappa shape index (κ2) is 9.04. The normalized spacial score (nSPS) is 12.8. The molecule has 0 aliphatic rings. The van der Waals surface area contributed by atoms with E-state index in [2.05, 4.69) is 36.5 Å². The van der Waals surface area contributed by atoms with Gasteiger partial charge in [-0.25, -0.2) is 4.79 Å². The fourth-order valence-electron chi connectivity index (χ4n) is 3.46. The number of carbonyl (C=O) groups excluding carboxylic acids is 1.